The lowest BCUT2D eigenvalue weighted by atomic mass is 9.94. The predicted molar refractivity (Wildman–Crippen MR) is 98.9 cm³/mol. The summed E-state index contributed by atoms with van der Waals surface area (Å²) in [6.45, 7) is 0. The van der Waals surface area contributed by atoms with Crippen molar-refractivity contribution >= 4 is 17.7 Å². The van der Waals surface area contributed by atoms with Crippen molar-refractivity contribution in [2.24, 2.45) is 4.99 Å². The van der Waals surface area contributed by atoms with Gasteiger partial charge in [-0.2, -0.15) is 0 Å². The van der Waals surface area contributed by atoms with Gasteiger partial charge in [0.15, 0.2) is 0 Å². The maximum absolute atomic E-state index is 6.80. The number of nitrogens with one attached hydrogen (secondary N) is 1. The SMILES string of the molecule is ClN(C(=NC1CCCCC1)NC1CCCCC1)C1CCCCC1. The number of nitrogens with zero attached hydrogens (tertiary/aromatic N) is 2. The van der Waals surface area contributed by atoms with E-state index in [-0.39, 0.29) is 0 Å². The summed E-state index contributed by atoms with van der Waals surface area (Å²) in [6.07, 6.45) is 19.6. The first-order chi connectivity index (χ1) is 11.3. The van der Waals surface area contributed by atoms with E-state index in [1.807, 2.05) is 4.42 Å². The van der Waals surface area contributed by atoms with Crippen LogP contribution in [-0.2, 0) is 0 Å². The summed E-state index contributed by atoms with van der Waals surface area (Å²) in [7, 11) is 0. The normalized spacial score (nSPS) is 26.2. The van der Waals surface area contributed by atoms with E-state index in [4.69, 9.17) is 16.8 Å². The highest BCUT2D eigenvalue weighted by Gasteiger charge is 2.26. The van der Waals surface area contributed by atoms with Gasteiger partial charge in [0.1, 0.15) is 0 Å². The molecule has 0 radical (unpaired) electrons. The van der Waals surface area contributed by atoms with Crippen molar-refractivity contribution in [3.8, 4) is 0 Å². The topological polar surface area (TPSA) is 27.6 Å². The van der Waals surface area contributed by atoms with Crippen molar-refractivity contribution in [3.63, 3.8) is 0 Å². The third-order valence-electron chi connectivity index (χ3n) is 5.92. The van der Waals surface area contributed by atoms with Gasteiger partial charge >= 0.3 is 0 Å². The molecule has 3 saturated carbocycles. The zero-order valence-corrected chi connectivity index (χ0v) is 15.4. The van der Waals surface area contributed by atoms with Gasteiger partial charge in [0.25, 0.3) is 0 Å². The van der Waals surface area contributed by atoms with Gasteiger partial charge in [-0.05, 0) is 38.5 Å². The maximum Gasteiger partial charge on any atom is 0.209 e. The second kappa shape index (κ2) is 9.15. The molecule has 3 aliphatic carbocycles. The van der Waals surface area contributed by atoms with E-state index >= 15 is 0 Å². The van der Waals surface area contributed by atoms with E-state index in [0.29, 0.717) is 18.1 Å². The van der Waals surface area contributed by atoms with Gasteiger partial charge in [-0.1, -0.05) is 57.8 Å². The number of rotatable bonds is 3. The minimum atomic E-state index is 0.476. The van der Waals surface area contributed by atoms with Crippen LogP contribution in [0.3, 0.4) is 0 Å². The summed E-state index contributed by atoms with van der Waals surface area (Å²) in [6, 6.07) is 1.54. The molecular weight excluding hydrogens is 306 g/mol. The fraction of sp³-hybridized carbons (Fsp3) is 0.947. The first-order valence-corrected chi connectivity index (χ1v) is 10.5. The van der Waals surface area contributed by atoms with E-state index in [1.54, 1.807) is 0 Å². The summed E-state index contributed by atoms with van der Waals surface area (Å²) in [4.78, 5) is 5.10. The van der Waals surface area contributed by atoms with Crippen molar-refractivity contribution < 1.29 is 0 Å². The molecule has 0 aromatic heterocycles. The minimum absolute atomic E-state index is 0.476. The zero-order chi connectivity index (χ0) is 15.9. The molecule has 0 spiro atoms. The molecule has 4 heteroatoms. The molecule has 0 amide bonds. The van der Waals surface area contributed by atoms with Gasteiger partial charge in [-0.3, -0.25) is 4.42 Å². The molecule has 0 saturated heterocycles. The Labute approximate surface area is 147 Å². The smallest absolute Gasteiger partial charge is 0.209 e. The highest BCUT2D eigenvalue weighted by Crippen LogP contribution is 2.26. The summed E-state index contributed by atoms with van der Waals surface area (Å²) >= 11 is 6.80. The van der Waals surface area contributed by atoms with Gasteiger partial charge < -0.3 is 5.32 Å². The first kappa shape index (κ1) is 17.4. The molecule has 0 aliphatic heterocycles. The lowest BCUT2D eigenvalue weighted by Crippen LogP contribution is -2.47. The Balaban J connectivity index is 1.66. The van der Waals surface area contributed by atoms with Crippen molar-refractivity contribution in [3.05, 3.63) is 0 Å². The molecule has 23 heavy (non-hydrogen) atoms. The summed E-state index contributed by atoms with van der Waals surface area (Å²) in [5, 5.41) is 3.74. The van der Waals surface area contributed by atoms with Crippen LogP contribution >= 0.6 is 11.8 Å². The number of hydrogen-bond donors (Lipinski definition) is 1. The Kier molecular flexibility index (Phi) is 6.92. The largest absolute Gasteiger partial charge is 0.352 e. The van der Waals surface area contributed by atoms with Crippen LogP contribution in [0.5, 0.6) is 0 Å². The van der Waals surface area contributed by atoms with Crippen LogP contribution in [0.1, 0.15) is 96.3 Å². The number of aliphatic imine (C=N–C) groups is 1. The lowest BCUT2D eigenvalue weighted by Gasteiger charge is -2.34. The molecule has 3 nitrogen and oxygen atoms in total. The zero-order valence-electron chi connectivity index (χ0n) is 14.6. The predicted octanol–water partition coefficient (Wildman–Crippen LogP) is 5.39. The van der Waals surface area contributed by atoms with Crippen LogP contribution in [0.2, 0.25) is 0 Å². The highest BCUT2D eigenvalue weighted by atomic mass is 35.5. The van der Waals surface area contributed by atoms with Crippen LogP contribution in [0, 0.1) is 0 Å². The quantitative estimate of drug-likeness (QED) is 0.424. The summed E-state index contributed by atoms with van der Waals surface area (Å²) in [5.41, 5.74) is 0. The monoisotopic (exact) mass is 339 g/mol. The molecule has 0 unspecified atom stereocenters. The van der Waals surface area contributed by atoms with Gasteiger partial charge in [0, 0.05) is 23.9 Å². The Hall–Kier alpha value is -0.440. The van der Waals surface area contributed by atoms with Crippen LogP contribution < -0.4 is 5.32 Å². The molecule has 0 aromatic rings. The lowest BCUT2D eigenvalue weighted by molar-refractivity contribution is 0.318. The average Bonchev–Trinajstić information content (AvgIpc) is 2.63. The molecule has 3 rings (SSSR count). The number of hydrogen-bond acceptors (Lipinski definition) is 1. The summed E-state index contributed by atoms with van der Waals surface area (Å²) in [5.74, 6) is 0.998. The van der Waals surface area contributed by atoms with Crippen LogP contribution in [0.15, 0.2) is 4.99 Å². The van der Waals surface area contributed by atoms with E-state index in [0.717, 1.165) is 5.96 Å². The molecule has 3 aliphatic rings. The Morgan fingerprint density at radius 3 is 1.87 bits per heavy atom. The Bertz CT molecular complexity index is 367. The molecule has 0 atom stereocenters. The molecular formula is C19H34ClN3. The minimum Gasteiger partial charge on any atom is -0.352 e. The van der Waals surface area contributed by atoms with Crippen LogP contribution in [0.25, 0.3) is 0 Å². The number of guanidine groups is 1. The van der Waals surface area contributed by atoms with E-state index in [2.05, 4.69) is 5.32 Å². The molecule has 0 bridgehead atoms. The van der Waals surface area contributed by atoms with E-state index in [9.17, 15) is 0 Å². The van der Waals surface area contributed by atoms with Crippen LogP contribution in [0.4, 0.5) is 0 Å². The van der Waals surface area contributed by atoms with Crippen molar-refractivity contribution in [1.82, 2.24) is 9.74 Å². The summed E-state index contributed by atoms with van der Waals surface area (Å²) < 4.78 is 1.99. The second-order valence-electron chi connectivity index (χ2n) is 7.83. The maximum atomic E-state index is 6.80. The fourth-order valence-corrected chi connectivity index (χ4v) is 4.73. The van der Waals surface area contributed by atoms with Crippen molar-refractivity contribution in [1.29, 1.82) is 0 Å². The fourth-order valence-electron chi connectivity index (χ4n) is 4.45. The second-order valence-corrected chi connectivity index (χ2v) is 8.19. The molecule has 0 aromatic carbocycles. The molecule has 3 fully saturated rings. The molecule has 0 heterocycles. The van der Waals surface area contributed by atoms with Gasteiger partial charge in [0.05, 0.1) is 6.04 Å². The van der Waals surface area contributed by atoms with Gasteiger partial charge in [-0.15, -0.1) is 0 Å². The number of halogens is 1. The Morgan fingerprint density at radius 2 is 1.26 bits per heavy atom. The molecule has 1 N–H and O–H groups in total. The third-order valence-corrected chi connectivity index (χ3v) is 6.35. The highest BCUT2D eigenvalue weighted by molar-refractivity contribution is 6.22. The molecule has 132 valence electrons. The standard InChI is InChI=1S/C19H34ClN3/c20-23(18-14-8-3-9-15-18)19(21-16-10-4-1-5-11-16)22-17-12-6-2-7-13-17/h16-18H,1-15H2,(H,21,22). The van der Waals surface area contributed by atoms with E-state index in [1.165, 1.54) is 96.3 Å². The third kappa shape index (κ3) is 5.27. The van der Waals surface area contributed by atoms with Crippen molar-refractivity contribution in [2.45, 2.75) is 114 Å². The average molecular weight is 340 g/mol. The van der Waals surface area contributed by atoms with E-state index < -0.39 is 0 Å². The van der Waals surface area contributed by atoms with Gasteiger partial charge in [0.2, 0.25) is 5.96 Å². The van der Waals surface area contributed by atoms with Crippen molar-refractivity contribution in [2.75, 3.05) is 0 Å². The first-order valence-electron chi connectivity index (χ1n) is 10.1. The Morgan fingerprint density at radius 1 is 0.739 bits per heavy atom. The van der Waals surface area contributed by atoms with Gasteiger partial charge in [-0.25, -0.2) is 4.99 Å². The van der Waals surface area contributed by atoms with Crippen LogP contribution in [-0.4, -0.2) is 28.5 Å².